The number of aromatic hydroxyl groups is 2. The van der Waals surface area contributed by atoms with Gasteiger partial charge in [0.05, 0.1) is 18.2 Å². The van der Waals surface area contributed by atoms with Crippen LogP contribution in [0.2, 0.25) is 0 Å². The SMILES string of the molecule is CC(C)C[C@H](NC(=O)[C@H](Cc1ccc(O)cc1)NC(=O)[C@H]1CCCN1C(=O)CNC(=O)c1ccc(-c2c3ccc(=O)cc-3oc3cc(O)ccc23)c(C(=O)O)c1)C(=O)N1CCC[C@H]1C(=O)N[C@@H](CCC(N)=O)C(=O)N[C@H](C(N)=O)[C@@H](C)O. The molecule has 3 aromatic carbocycles. The number of aromatic carboxylic acids is 1. The number of fused-ring (bicyclic) bond motifs is 2. The summed E-state index contributed by atoms with van der Waals surface area (Å²) in [4.78, 5) is 149. The molecule has 0 saturated carbocycles. The highest BCUT2D eigenvalue weighted by molar-refractivity contribution is 6.09. The van der Waals surface area contributed by atoms with Gasteiger partial charge in [0, 0.05) is 60.1 Å². The van der Waals surface area contributed by atoms with Gasteiger partial charge in [0.2, 0.25) is 47.3 Å². The van der Waals surface area contributed by atoms with Crippen molar-refractivity contribution in [1.82, 2.24) is 36.4 Å². The monoisotopic (exact) mass is 1130 g/mol. The molecule has 2 fully saturated rings. The number of aliphatic hydroxyl groups is 1. The van der Waals surface area contributed by atoms with Crippen LogP contribution in [0.15, 0.2) is 88.1 Å². The largest absolute Gasteiger partial charge is 0.508 e. The third-order valence-corrected chi connectivity index (χ3v) is 14.3. The number of likely N-dealkylation sites (tertiary alicyclic amines) is 2. The van der Waals surface area contributed by atoms with Crippen LogP contribution in [0.4, 0.5) is 0 Å². The molecule has 25 nitrogen and oxygen atoms in total. The van der Waals surface area contributed by atoms with Gasteiger partial charge >= 0.3 is 5.97 Å². The molecule has 7 atom stereocenters. The summed E-state index contributed by atoms with van der Waals surface area (Å²) in [5.41, 5.74) is 11.4. The van der Waals surface area contributed by atoms with Crippen molar-refractivity contribution in [2.45, 2.75) is 114 Å². The average molecular weight is 1130 g/mol. The number of nitrogens with one attached hydrogen (secondary N) is 5. The van der Waals surface area contributed by atoms with E-state index in [2.05, 4.69) is 26.6 Å². The first-order valence-corrected chi connectivity index (χ1v) is 26.6. The van der Waals surface area contributed by atoms with E-state index < -0.39 is 108 Å². The van der Waals surface area contributed by atoms with Crippen LogP contribution < -0.4 is 43.5 Å². The van der Waals surface area contributed by atoms with Crippen LogP contribution in [-0.2, 0) is 44.8 Å². The zero-order chi connectivity index (χ0) is 59.7. The first kappa shape index (κ1) is 60.3. The maximum atomic E-state index is 14.5. The number of phenolic OH excluding ortho intramolecular Hbond substituents is 2. The van der Waals surface area contributed by atoms with Crippen molar-refractivity contribution in [2.24, 2.45) is 17.4 Å². The summed E-state index contributed by atoms with van der Waals surface area (Å²) in [5, 5.41) is 53.9. The number of carboxylic acids is 1. The summed E-state index contributed by atoms with van der Waals surface area (Å²) in [6.07, 6.45) is -1.14. The Kier molecular flexibility index (Phi) is 19.3. The molecule has 0 bridgehead atoms. The number of amides is 9. The van der Waals surface area contributed by atoms with Crippen LogP contribution in [-0.4, -0.2) is 151 Å². The van der Waals surface area contributed by atoms with Gasteiger partial charge in [0.15, 0.2) is 5.43 Å². The number of hydrogen-bond acceptors (Lipinski definition) is 15. The predicted octanol–water partition coefficient (Wildman–Crippen LogP) is 0.746. The molecule has 434 valence electrons. The molecule has 7 rings (SSSR count). The maximum absolute atomic E-state index is 14.5. The van der Waals surface area contributed by atoms with E-state index in [1.54, 1.807) is 13.8 Å². The van der Waals surface area contributed by atoms with Crippen LogP contribution in [0, 0.1) is 5.92 Å². The number of nitrogens with zero attached hydrogens (tertiary/aromatic N) is 2. The topological polar surface area (TPSA) is 400 Å². The smallest absolute Gasteiger partial charge is 0.336 e. The van der Waals surface area contributed by atoms with E-state index in [1.165, 1.54) is 89.5 Å². The molecule has 13 N–H and O–H groups in total. The summed E-state index contributed by atoms with van der Waals surface area (Å²) < 4.78 is 5.89. The van der Waals surface area contributed by atoms with Crippen LogP contribution in [0.25, 0.3) is 33.4 Å². The molecule has 3 heterocycles. The highest BCUT2D eigenvalue weighted by Crippen LogP contribution is 2.42. The second-order valence-corrected chi connectivity index (χ2v) is 20.8. The van der Waals surface area contributed by atoms with Gasteiger partial charge in [0.25, 0.3) is 5.91 Å². The Hall–Kier alpha value is -9.39. The molecule has 4 aliphatic rings. The number of carboxylic acid groups (broad SMARTS) is 1. The number of hydrogen-bond donors (Lipinski definition) is 11. The lowest BCUT2D eigenvalue weighted by Crippen LogP contribution is -2.60. The lowest BCUT2D eigenvalue weighted by Gasteiger charge is -2.32. The van der Waals surface area contributed by atoms with Crippen LogP contribution in [0.1, 0.15) is 92.0 Å². The third kappa shape index (κ3) is 14.5. The fourth-order valence-electron chi connectivity index (χ4n) is 10.2. The highest BCUT2D eigenvalue weighted by Gasteiger charge is 2.41. The van der Waals surface area contributed by atoms with Crippen molar-refractivity contribution in [3.8, 4) is 33.9 Å². The summed E-state index contributed by atoms with van der Waals surface area (Å²) >= 11 is 0. The van der Waals surface area contributed by atoms with E-state index in [1.807, 2.05) is 0 Å². The van der Waals surface area contributed by atoms with Gasteiger partial charge in [-0.1, -0.05) is 32.0 Å². The molecule has 0 aromatic heterocycles. The molecule has 0 spiro atoms. The maximum Gasteiger partial charge on any atom is 0.336 e. The molecular formula is C57H65N9O16. The number of aliphatic hydroxyl groups excluding tert-OH is 1. The van der Waals surface area contributed by atoms with E-state index in [0.717, 1.165) is 6.07 Å². The third-order valence-electron chi connectivity index (χ3n) is 14.3. The molecule has 25 heteroatoms. The number of benzene rings is 4. The highest BCUT2D eigenvalue weighted by atomic mass is 16.4. The first-order chi connectivity index (χ1) is 38.9. The first-order valence-electron chi connectivity index (χ1n) is 26.6. The van der Waals surface area contributed by atoms with Crippen molar-refractivity contribution in [3.63, 3.8) is 0 Å². The zero-order valence-electron chi connectivity index (χ0n) is 45.1. The van der Waals surface area contributed by atoms with Crippen molar-refractivity contribution in [3.05, 3.63) is 106 Å². The minimum Gasteiger partial charge on any atom is -0.508 e. The standard InChI is InChI=1S/C57H65N9O16/c1-28(2)22-41(56(79)66-21-5-7-43(66)55(78)61-39(18-19-46(58)71)52(75)64-49(29(3)67)50(59)73)63-53(76)40(23-30-8-11-32(68)12-9-30)62-54(77)42-6-4-20-65(42)47(72)27-60-51(74)31-10-15-35(38(24-31)57(80)81)48-36-16-13-33(69)25-44(36)82-45-26-34(70)14-17-37(45)48/h8-17,24-26,28-29,39-43,49,67-69H,4-7,18-23,27H2,1-3H3,(H2,58,71)(H2,59,73)(H,60,74)(H,61,78)(H,62,77)(H,63,76)(H,64,75)(H,80,81)/t29-,39+,40+,41+,42-,43+,49+/m1/s1. The molecule has 2 saturated heterocycles. The van der Waals surface area contributed by atoms with Gasteiger partial charge in [0.1, 0.15) is 59.1 Å². The molecule has 3 aromatic rings. The van der Waals surface area contributed by atoms with Gasteiger partial charge in [-0.05, 0) is 111 Å². The van der Waals surface area contributed by atoms with Gasteiger partial charge < -0.3 is 72.7 Å². The molecule has 9 amide bonds. The van der Waals surface area contributed by atoms with E-state index in [9.17, 15) is 73.2 Å². The Morgan fingerprint density at radius 3 is 1.96 bits per heavy atom. The molecule has 0 radical (unpaired) electrons. The summed E-state index contributed by atoms with van der Waals surface area (Å²) in [5.74, 6) is -8.99. The van der Waals surface area contributed by atoms with E-state index >= 15 is 0 Å². The number of nitrogens with two attached hydrogens (primary N) is 2. The molecular weight excluding hydrogens is 1070 g/mol. The molecule has 82 heavy (non-hydrogen) atoms. The van der Waals surface area contributed by atoms with Gasteiger partial charge in [-0.25, -0.2) is 4.79 Å². The van der Waals surface area contributed by atoms with E-state index in [4.69, 9.17) is 15.9 Å². The number of carbonyl (C=O) groups is 10. The summed E-state index contributed by atoms with van der Waals surface area (Å²) in [6, 6.07) is 10.0. The van der Waals surface area contributed by atoms with Crippen molar-refractivity contribution >= 4 is 70.1 Å². The van der Waals surface area contributed by atoms with Crippen LogP contribution in [0.5, 0.6) is 11.5 Å². The Labute approximate surface area is 469 Å². The zero-order valence-corrected chi connectivity index (χ0v) is 45.1. The number of carbonyl (C=O) groups excluding carboxylic acids is 9. The quantitative estimate of drug-likeness (QED) is 0.0402. The summed E-state index contributed by atoms with van der Waals surface area (Å²) in [7, 11) is 0. The van der Waals surface area contributed by atoms with Crippen LogP contribution in [0.3, 0.4) is 0 Å². The lowest BCUT2D eigenvalue weighted by molar-refractivity contribution is -0.143. The minimum atomic E-state index is -1.54. The number of primary amides is 2. The molecule has 1 aliphatic carbocycles. The average Bonchev–Trinajstić information content (AvgIpc) is 2.32. The van der Waals surface area contributed by atoms with E-state index in [0.29, 0.717) is 34.9 Å². The van der Waals surface area contributed by atoms with E-state index in [-0.39, 0.29) is 102 Å². The number of phenols is 2. The van der Waals surface area contributed by atoms with Crippen molar-refractivity contribution < 1.29 is 72.8 Å². The molecule has 0 unspecified atom stereocenters. The van der Waals surface area contributed by atoms with Crippen LogP contribution >= 0.6 is 0 Å². The van der Waals surface area contributed by atoms with Gasteiger partial charge in [-0.3, -0.25) is 47.9 Å². The summed E-state index contributed by atoms with van der Waals surface area (Å²) in [6.45, 7) is 4.36. The second kappa shape index (κ2) is 26.3. The fraction of sp³-hybridized carbons (Fsp3) is 0.386. The van der Waals surface area contributed by atoms with Crippen molar-refractivity contribution in [1.29, 1.82) is 0 Å². The molecule has 3 aliphatic heterocycles. The second-order valence-electron chi connectivity index (χ2n) is 20.8. The fourth-order valence-corrected chi connectivity index (χ4v) is 10.2. The normalized spacial score (nSPS) is 16.8. The lowest BCUT2D eigenvalue weighted by atomic mass is 9.90. The predicted molar refractivity (Wildman–Crippen MR) is 293 cm³/mol. The Morgan fingerprint density at radius 1 is 0.707 bits per heavy atom. The van der Waals surface area contributed by atoms with Crippen molar-refractivity contribution in [2.75, 3.05) is 19.6 Å². The minimum absolute atomic E-state index is 0.0689. The van der Waals surface area contributed by atoms with Gasteiger partial charge in [-0.15, -0.1) is 0 Å². The number of rotatable bonds is 23. The Bertz CT molecular complexity index is 3330. The van der Waals surface area contributed by atoms with Gasteiger partial charge in [-0.2, -0.15) is 0 Å². The Balaban J connectivity index is 1.05. The Morgan fingerprint density at radius 2 is 1.33 bits per heavy atom.